The number of carboxylic acids is 1. The number of carbonyl (C=O) groups excluding carboxylic acids is 1. The van der Waals surface area contributed by atoms with Crippen molar-refractivity contribution in [1.82, 2.24) is 4.90 Å². The van der Waals surface area contributed by atoms with Crippen molar-refractivity contribution in [2.45, 2.75) is 18.7 Å². The van der Waals surface area contributed by atoms with Gasteiger partial charge in [-0.2, -0.15) is 0 Å². The van der Waals surface area contributed by atoms with Gasteiger partial charge in [0.15, 0.2) is 0 Å². The van der Waals surface area contributed by atoms with Gasteiger partial charge in [0.2, 0.25) is 0 Å². The fraction of sp³-hybridized carbons (Fsp3) is 0.429. The Kier molecular flexibility index (Phi) is 5.88. The first kappa shape index (κ1) is 16.4. The quantitative estimate of drug-likeness (QED) is 0.820. The molecule has 2 amide bonds. The number of urea groups is 1. The molecule has 5 nitrogen and oxygen atoms in total. The fourth-order valence-corrected chi connectivity index (χ4v) is 2.09. The first-order valence-corrected chi connectivity index (χ1v) is 7.47. The van der Waals surface area contributed by atoms with Gasteiger partial charge >= 0.3 is 12.0 Å². The molecule has 0 aliphatic carbocycles. The maximum atomic E-state index is 12.0. The summed E-state index contributed by atoms with van der Waals surface area (Å²) in [7, 11) is 1.59. The lowest BCUT2D eigenvalue weighted by molar-refractivity contribution is -0.141. The van der Waals surface area contributed by atoms with Gasteiger partial charge in [-0.15, -0.1) is 11.8 Å². The van der Waals surface area contributed by atoms with Crippen LogP contribution < -0.4 is 5.32 Å². The van der Waals surface area contributed by atoms with Crippen LogP contribution in [0, 0.1) is 12.8 Å². The number of hydrogen-bond acceptors (Lipinski definition) is 3. The third-order valence-electron chi connectivity index (χ3n) is 3.00. The van der Waals surface area contributed by atoms with Crippen LogP contribution in [0.2, 0.25) is 0 Å². The molecule has 0 bridgehead atoms. The van der Waals surface area contributed by atoms with Gasteiger partial charge < -0.3 is 15.3 Å². The summed E-state index contributed by atoms with van der Waals surface area (Å²) in [5, 5.41) is 11.7. The van der Waals surface area contributed by atoms with Crippen molar-refractivity contribution in [1.29, 1.82) is 0 Å². The van der Waals surface area contributed by atoms with Crippen LogP contribution in [0.5, 0.6) is 0 Å². The van der Waals surface area contributed by atoms with Gasteiger partial charge in [-0.25, -0.2) is 4.79 Å². The molecule has 20 heavy (non-hydrogen) atoms. The van der Waals surface area contributed by atoms with Crippen molar-refractivity contribution >= 4 is 29.4 Å². The van der Waals surface area contributed by atoms with Gasteiger partial charge in [-0.05, 0) is 30.9 Å². The highest BCUT2D eigenvalue weighted by atomic mass is 32.2. The third kappa shape index (κ3) is 4.45. The number of nitrogens with one attached hydrogen (secondary N) is 1. The Bertz CT molecular complexity index is 505. The standard InChI is InChI=1S/C14H20N2O3S/c1-9-5-6-11(20-4)7-12(9)15-14(19)16(3)8-10(2)13(17)18/h5-7,10H,8H2,1-4H3,(H,15,19)(H,17,18). The van der Waals surface area contributed by atoms with E-state index in [9.17, 15) is 9.59 Å². The molecule has 6 heteroatoms. The normalized spacial score (nSPS) is 11.8. The van der Waals surface area contributed by atoms with Crippen LogP contribution in [-0.4, -0.2) is 41.9 Å². The molecule has 0 fully saturated rings. The van der Waals surface area contributed by atoms with Crippen LogP contribution >= 0.6 is 11.8 Å². The smallest absolute Gasteiger partial charge is 0.321 e. The summed E-state index contributed by atoms with van der Waals surface area (Å²) in [5.41, 5.74) is 1.72. The zero-order chi connectivity index (χ0) is 15.3. The molecule has 1 rings (SSSR count). The number of carbonyl (C=O) groups is 2. The van der Waals surface area contributed by atoms with Gasteiger partial charge in [0.1, 0.15) is 0 Å². The monoisotopic (exact) mass is 296 g/mol. The Hall–Kier alpha value is -1.69. The van der Waals surface area contributed by atoms with Gasteiger partial charge in [0.05, 0.1) is 5.92 Å². The van der Waals surface area contributed by atoms with Crippen LogP contribution in [0.15, 0.2) is 23.1 Å². The van der Waals surface area contributed by atoms with E-state index in [0.717, 1.165) is 16.1 Å². The molecule has 0 aliphatic heterocycles. The van der Waals surface area contributed by atoms with E-state index in [1.165, 1.54) is 4.90 Å². The predicted molar refractivity (Wildman–Crippen MR) is 81.4 cm³/mol. The van der Waals surface area contributed by atoms with E-state index in [1.54, 1.807) is 25.7 Å². The van der Waals surface area contributed by atoms with E-state index in [1.807, 2.05) is 31.4 Å². The number of nitrogens with zero attached hydrogens (tertiary/aromatic N) is 1. The number of hydrogen-bond donors (Lipinski definition) is 2. The van der Waals surface area contributed by atoms with E-state index in [4.69, 9.17) is 5.11 Å². The average Bonchev–Trinajstić information content (AvgIpc) is 2.40. The molecule has 0 aliphatic rings. The number of benzene rings is 1. The number of amides is 2. The van der Waals surface area contributed by atoms with Crippen molar-refractivity contribution in [3.8, 4) is 0 Å². The van der Waals surface area contributed by atoms with Gasteiger partial charge in [-0.3, -0.25) is 4.79 Å². The lowest BCUT2D eigenvalue weighted by Crippen LogP contribution is -2.36. The molecule has 110 valence electrons. The summed E-state index contributed by atoms with van der Waals surface area (Å²) in [6.07, 6.45) is 1.97. The van der Waals surface area contributed by atoms with E-state index in [2.05, 4.69) is 5.32 Å². The minimum atomic E-state index is -0.912. The van der Waals surface area contributed by atoms with Crippen LogP contribution in [0.3, 0.4) is 0 Å². The second-order valence-electron chi connectivity index (χ2n) is 4.73. The molecule has 1 atom stereocenters. The van der Waals surface area contributed by atoms with Crippen LogP contribution in [0.4, 0.5) is 10.5 Å². The molecule has 0 aromatic heterocycles. The summed E-state index contributed by atoms with van der Waals surface area (Å²) in [4.78, 5) is 25.3. The molecule has 0 radical (unpaired) electrons. The molecule has 1 unspecified atom stereocenters. The number of carboxylic acid groups (broad SMARTS) is 1. The molecule has 0 saturated heterocycles. The minimum absolute atomic E-state index is 0.169. The number of aliphatic carboxylic acids is 1. The molecule has 1 aromatic rings. The summed E-state index contributed by atoms with van der Waals surface area (Å²) in [6, 6.07) is 5.54. The fourth-order valence-electron chi connectivity index (χ4n) is 1.65. The van der Waals surface area contributed by atoms with Crippen LogP contribution in [0.25, 0.3) is 0 Å². The summed E-state index contributed by atoms with van der Waals surface area (Å²) < 4.78 is 0. The second-order valence-corrected chi connectivity index (χ2v) is 5.61. The van der Waals surface area contributed by atoms with Gasteiger partial charge in [0, 0.05) is 24.2 Å². The lowest BCUT2D eigenvalue weighted by Gasteiger charge is -2.20. The highest BCUT2D eigenvalue weighted by Gasteiger charge is 2.17. The van der Waals surface area contributed by atoms with Crippen molar-refractivity contribution in [3.63, 3.8) is 0 Å². The Labute approximate surface area is 123 Å². The van der Waals surface area contributed by atoms with Gasteiger partial charge in [-0.1, -0.05) is 13.0 Å². The third-order valence-corrected chi connectivity index (χ3v) is 3.73. The number of aryl methyl sites for hydroxylation is 1. The Morgan fingerprint density at radius 2 is 2.10 bits per heavy atom. The Morgan fingerprint density at radius 1 is 1.45 bits per heavy atom. The van der Waals surface area contributed by atoms with Gasteiger partial charge in [0.25, 0.3) is 0 Å². The molecule has 0 heterocycles. The van der Waals surface area contributed by atoms with Crippen molar-refractivity contribution in [2.24, 2.45) is 5.92 Å². The zero-order valence-electron chi connectivity index (χ0n) is 12.1. The molecular formula is C14H20N2O3S. The Balaban J connectivity index is 2.72. The highest BCUT2D eigenvalue weighted by Crippen LogP contribution is 2.23. The molecule has 1 aromatic carbocycles. The highest BCUT2D eigenvalue weighted by molar-refractivity contribution is 7.98. The first-order chi connectivity index (χ1) is 9.35. The Morgan fingerprint density at radius 3 is 2.65 bits per heavy atom. The number of thioether (sulfide) groups is 1. The summed E-state index contributed by atoms with van der Waals surface area (Å²) in [5.74, 6) is -1.51. The average molecular weight is 296 g/mol. The minimum Gasteiger partial charge on any atom is -0.481 e. The number of rotatable bonds is 5. The lowest BCUT2D eigenvalue weighted by atomic mass is 10.2. The maximum absolute atomic E-state index is 12.0. The molecule has 2 N–H and O–H groups in total. The largest absolute Gasteiger partial charge is 0.481 e. The molecule has 0 spiro atoms. The predicted octanol–water partition coefficient (Wildman–Crippen LogP) is 2.90. The number of anilines is 1. The topological polar surface area (TPSA) is 69.6 Å². The van der Waals surface area contributed by atoms with E-state index < -0.39 is 11.9 Å². The molecule has 0 saturated carbocycles. The van der Waals surface area contributed by atoms with E-state index >= 15 is 0 Å². The zero-order valence-corrected chi connectivity index (χ0v) is 13.0. The van der Waals surface area contributed by atoms with E-state index in [-0.39, 0.29) is 12.6 Å². The maximum Gasteiger partial charge on any atom is 0.321 e. The van der Waals surface area contributed by atoms with Crippen molar-refractivity contribution < 1.29 is 14.7 Å². The van der Waals surface area contributed by atoms with E-state index in [0.29, 0.717) is 0 Å². The SMILES string of the molecule is CSc1ccc(C)c(NC(=O)N(C)CC(C)C(=O)O)c1. The van der Waals surface area contributed by atoms with Crippen LogP contribution in [0.1, 0.15) is 12.5 Å². The summed E-state index contributed by atoms with van der Waals surface area (Å²) >= 11 is 1.60. The van der Waals surface area contributed by atoms with Crippen LogP contribution in [-0.2, 0) is 4.79 Å². The van der Waals surface area contributed by atoms with Crippen molar-refractivity contribution in [2.75, 3.05) is 25.2 Å². The second kappa shape index (κ2) is 7.19. The first-order valence-electron chi connectivity index (χ1n) is 6.24. The summed E-state index contributed by atoms with van der Waals surface area (Å²) in [6.45, 7) is 3.66. The molecular weight excluding hydrogens is 276 g/mol. The van der Waals surface area contributed by atoms with Crippen molar-refractivity contribution in [3.05, 3.63) is 23.8 Å².